The molecule has 1 saturated carbocycles. The molecule has 0 atom stereocenters. The van der Waals surface area contributed by atoms with E-state index in [2.05, 4.69) is 17.1 Å². The highest BCUT2D eigenvalue weighted by atomic mass is 16.6. The van der Waals surface area contributed by atoms with Crippen LogP contribution in [0.2, 0.25) is 0 Å². The van der Waals surface area contributed by atoms with Gasteiger partial charge in [-0.2, -0.15) is 0 Å². The predicted molar refractivity (Wildman–Crippen MR) is 87.2 cm³/mol. The standard InChI is InChI=1S/C16H25N3O2/c1-3-12-17-14-10-7-11-15(16(14)19(20)21)18(2)13-8-5-4-6-9-13/h7,10-11,13,17H,3-6,8-9,12H2,1-2H3. The van der Waals surface area contributed by atoms with E-state index >= 15 is 0 Å². The molecule has 0 radical (unpaired) electrons. The van der Waals surface area contributed by atoms with Gasteiger partial charge < -0.3 is 10.2 Å². The number of nitrogens with zero attached hydrogens (tertiary/aromatic N) is 2. The molecule has 1 fully saturated rings. The van der Waals surface area contributed by atoms with E-state index < -0.39 is 0 Å². The Morgan fingerprint density at radius 1 is 1.33 bits per heavy atom. The third-order valence-electron chi connectivity index (χ3n) is 4.27. The van der Waals surface area contributed by atoms with Gasteiger partial charge in [-0.1, -0.05) is 32.3 Å². The van der Waals surface area contributed by atoms with Gasteiger partial charge in [0.1, 0.15) is 11.4 Å². The Bertz CT molecular complexity index is 484. The lowest BCUT2D eigenvalue weighted by Crippen LogP contribution is -2.33. The van der Waals surface area contributed by atoms with E-state index in [-0.39, 0.29) is 10.6 Å². The minimum absolute atomic E-state index is 0.207. The fourth-order valence-corrected chi connectivity index (χ4v) is 3.08. The van der Waals surface area contributed by atoms with E-state index in [9.17, 15) is 10.1 Å². The van der Waals surface area contributed by atoms with Crippen molar-refractivity contribution in [3.05, 3.63) is 28.3 Å². The number of para-hydroxylation sites is 1. The Morgan fingerprint density at radius 2 is 2.05 bits per heavy atom. The van der Waals surface area contributed by atoms with E-state index in [4.69, 9.17) is 0 Å². The molecular formula is C16H25N3O2. The number of hydrogen-bond acceptors (Lipinski definition) is 4. The monoisotopic (exact) mass is 291 g/mol. The first-order valence-corrected chi connectivity index (χ1v) is 7.89. The van der Waals surface area contributed by atoms with Crippen LogP contribution >= 0.6 is 0 Å². The molecule has 1 N–H and O–H groups in total. The van der Waals surface area contributed by atoms with E-state index in [1.807, 2.05) is 19.2 Å². The zero-order valence-electron chi connectivity index (χ0n) is 13.0. The maximum Gasteiger partial charge on any atom is 0.315 e. The molecule has 2 rings (SSSR count). The first-order valence-electron chi connectivity index (χ1n) is 7.89. The number of nitrogens with one attached hydrogen (secondary N) is 1. The van der Waals surface area contributed by atoms with Crippen LogP contribution in [-0.4, -0.2) is 24.6 Å². The second-order valence-electron chi connectivity index (χ2n) is 5.76. The Morgan fingerprint density at radius 3 is 2.67 bits per heavy atom. The van der Waals surface area contributed by atoms with E-state index in [0.29, 0.717) is 11.7 Å². The Labute approximate surface area is 126 Å². The minimum Gasteiger partial charge on any atom is -0.379 e. The van der Waals surface area contributed by atoms with Gasteiger partial charge in [0, 0.05) is 19.6 Å². The quantitative estimate of drug-likeness (QED) is 0.631. The molecular weight excluding hydrogens is 266 g/mol. The van der Waals surface area contributed by atoms with Gasteiger partial charge in [-0.25, -0.2) is 0 Å². The van der Waals surface area contributed by atoms with Crippen molar-refractivity contribution in [3.63, 3.8) is 0 Å². The van der Waals surface area contributed by atoms with Gasteiger partial charge in [0.2, 0.25) is 0 Å². The fourth-order valence-electron chi connectivity index (χ4n) is 3.08. The van der Waals surface area contributed by atoms with Crippen molar-refractivity contribution in [2.45, 2.75) is 51.5 Å². The van der Waals surface area contributed by atoms with Crippen LogP contribution < -0.4 is 10.2 Å². The van der Waals surface area contributed by atoms with Crippen molar-refractivity contribution >= 4 is 17.1 Å². The number of nitro groups is 1. The molecule has 0 amide bonds. The van der Waals surface area contributed by atoms with Crippen LogP contribution in [0.4, 0.5) is 17.1 Å². The zero-order chi connectivity index (χ0) is 15.2. The Hall–Kier alpha value is -1.78. The highest BCUT2D eigenvalue weighted by molar-refractivity contribution is 5.77. The smallest absolute Gasteiger partial charge is 0.315 e. The van der Waals surface area contributed by atoms with Crippen molar-refractivity contribution in [2.75, 3.05) is 23.8 Å². The van der Waals surface area contributed by atoms with Crippen molar-refractivity contribution in [3.8, 4) is 0 Å². The van der Waals surface area contributed by atoms with Crippen molar-refractivity contribution < 1.29 is 4.92 Å². The number of benzene rings is 1. The van der Waals surface area contributed by atoms with Crippen LogP contribution in [-0.2, 0) is 0 Å². The van der Waals surface area contributed by atoms with Crippen molar-refractivity contribution in [1.29, 1.82) is 0 Å². The summed E-state index contributed by atoms with van der Waals surface area (Å²) in [7, 11) is 1.99. The lowest BCUT2D eigenvalue weighted by Gasteiger charge is -2.32. The predicted octanol–water partition coefficient (Wildman–Crippen LogP) is 4.19. The average Bonchev–Trinajstić information content (AvgIpc) is 2.52. The molecule has 0 aliphatic heterocycles. The number of anilines is 2. The maximum atomic E-state index is 11.5. The highest BCUT2D eigenvalue weighted by Gasteiger charge is 2.26. The van der Waals surface area contributed by atoms with Crippen molar-refractivity contribution in [2.24, 2.45) is 0 Å². The summed E-state index contributed by atoms with van der Waals surface area (Å²) in [5.41, 5.74) is 1.56. The lowest BCUT2D eigenvalue weighted by molar-refractivity contribution is -0.383. The molecule has 1 aromatic carbocycles. The van der Waals surface area contributed by atoms with E-state index in [1.165, 1.54) is 19.3 Å². The number of hydrogen-bond donors (Lipinski definition) is 1. The van der Waals surface area contributed by atoms with Gasteiger partial charge in [-0.15, -0.1) is 0 Å². The molecule has 0 heterocycles. The first-order chi connectivity index (χ1) is 10.1. The van der Waals surface area contributed by atoms with E-state index in [1.54, 1.807) is 6.07 Å². The van der Waals surface area contributed by atoms with Gasteiger partial charge in [-0.3, -0.25) is 10.1 Å². The summed E-state index contributed by atoms with van der Waals surface area (Å²) in [4.78, 5) is 13.4. The maximum absolute atomic E-state index is 11.5. The first kappa shape index (κ1) is 15.6. The molecule has 0 bridgehead atoms. The zero-order valence-corrected chi connectivity index (χ0v) is 13.0. The molecule has 0 aromatic heterocycles. The largest absolute Gasteiger partial charge is 0.379 e. The minimum atomic E-state index is -0.257. The highest BCUT2D eigenvalue weighted by Crippen LogP contribution is 2.37. The second kappa shape index (κ2) is 7.29. The Kier molecular flexibility index (Phi) is 5.42. The molecule has 0 unspecified atom stereocenters. The second-order valence-corrected chi connectivity index (χ2v) is 5.76. The summed E-state index contributed by atoms with van der Waals surface area (Å²) in [5.74, 6) is 0. The number of rotatable bonds is 6. The van der Waals surface area contributed by atoms with Crippen LogP contribution in [0.25, 0.3) is 0 Å². The molecule has 5 nitrogen and oxygen atoms in total. The summed E-state index contributed by atoms with van der Waals surface area (Å²) in [6.07, 6.45) is 6.91. The normalized spacial score (nSPS) is 15.7. The average molecular weight is 291 g/mol. The third kappa shape index (κ3) is 3.65. The topological polar surface area (TPSA) is 58.4 Å². The van der Waals surface area contributed by atoms with Gasteiger partial charge >= 0.3 is 5.69 Å². The summed E-state index contributed by atoms with van der Waals surface area (Å²) in [6.45, 7) is 2.80. The lowest BCUT2D eigenvalue weighted by atomic mass is 9.94. The van der Waals surface area contributed by atoms with E-state index in [0.717, 1.165) is 31.5 Å². The molecule has 1 aliphatic carbocycles. The third-order valence-corrected chi connectivity index (χ3v) is 4.27. The van der Waals surface area contributed by atoms with Gasteiger partial charge in [-0.05, 0) is 31.4 Å². The molecule has 0 saturated heterocycles. The molecule has 0 spiro atoms. The summed E-state index contributed by atoms with van der Waals surface area (Å²) >= 11 is 0. The Balaban J connectivity index is 2.30. The molecule has 5 heteroatoms. The molecule has 1 aromatic rings. The molecule has 116 valence electrons. The molecule has 1 aliphatic rings. The van der Waals surface area contributed by atoms with Gasteiger partial charge in [0.15, 0.2) is 0 Å². The van der Waals surface area contributed by atoms with Gasteiger partial charge in [0.05, 0.1) is 4.92 Å². The van der Waals surface area contributed by atoms with Gasteiger partial charge in [0.25, 0.3) is 0 Å². The van der Waals surface area contributed by atoms with Crippen LogP contribution in [0.5, 0.6) is 0 Å². The van der Waals surface area contributed by atoms with Crippen LogP contribution in [0, 0.1) is 10.1 Å². The summed E-state index contributed by atoms with van der Waals surface area (Å²) in [5, 5.41) is 14.7. The SMILES string of the molecule is CCCNc1cccc(N(C)C2CCCCC2)c1[N+](=O)[O-]. The van der Waals surface area contributed by atoms with Crippen LogP contribution in [0.3, 0.4) is 0 Å². The number of nitro benzene ring substituents is 1. The van der Waals surface area contributed by atoms with Crippen molar-refractivity contribution in [1.82, 2.24) is 0 Å². The summed E-state index contributed by atoms with van der Waals surface area (Å²) in [6, 6.07) is 5.98. The van der Waals surface area contributed by atoms with Crippen LogP contribution in [0.15, 0.2) is 18.2 Å². The van der Waals surface area contributed by atoms with Crippen LogP contribution in [0.1, 0.15) is 45.4 Å². The fraction of sp³-hybridized carbons (Fsp3) is 0.625. The molecule has 21 heavy (non-hydrogen) atoms. The summed E-state index contributed by atoms with van der Waals surface area (Å²) < 4.78 is 0.